The van der Waals surface area contributed by atoms with Crippen molar-refractivity contribution in [3.05, 3.63) is 83.4 Å². The average molecular weight is 561 g/mol. The van der Waals surface area contributed by atoms with E-state index in [2.05, 4.69) is 34.9 Å². The third kappa shape index (κ3) is 6.98. The molecule has 2 atom stereocenters. The third-order valence-electron chi connectivity index (χ3n) is 7.36. The van der Waals surface area contributed by atoms with Crippen molar-refractivity contribution < 1.29 is 33.3 Å². The Morgan fingerprint density at radius 3 is 2.20 bits per heavy atom. The van der Waals surface area contributed by atoms with E-state index in [1.807, 2.05) is 38.1 Å². The third-order valence-corrected chi connectivity index (χ3v) is 7.36. The Bertz CT molecular complexity index is 1340. The quantitative estimate of drug-likeness (QED) is 0.306. The number of likely N-dealkylation sites (N-methyl/N-ethyl adjacent to an activating group) is 1. The average Bonchev–Trinajstić information content (AvgIpc) is 3.33. The highest BCUT2D eigenvalue weighted by atomic mass is 16.6. The van der Waals surface area contributed by atoms with E-state index in [-0.39, 0.29) is 37.6 Å². The minimum Gasteiger partial charge on any atom is -0.496 e. The van der Waals surface area contributed by atoms with Gasteiger partial charge in [-0.15, -0.1) is 0 Å². The van der Waals surface area contributed by atoms with Crippen LogP contribution in [0.2, 0.25) is 0 Å². The molecule has 0 bridgehead atoms. The van der Waals surface area contributed by atoms with Crippen molar-refractivity contribution in [2.24, 2.45) is 5.92 Å². The summed E-state index contributed by atoms with van der Waals surface area (Å²) in [7, 11) is 3.02. The summed E-state index contributed by atoms with van der Waals surface area (Å²) in [6.45, 7) is 3.75. The number of carbonyl (C=O) groups excluding carboxylic acids is 3. The number of amides is 2. The number of nitrogens with one attached hydrogen (secondary N) is 2. The second kappa shape index (κ2) is 13.7. The number of esters is 1. The summed E-state index contributed by atoms with van der Waals surface area (Å²) in [6, 6.07) is 20.3. The van der Waals surface area contributed by atoms with Crippen molar-refractivity contribution in [2.75, 3.05) is 27.4 Å². The van der Waals surface area contributed by atoms with E-state index in [4.69, 9.17) is 18.9 Å². The van der Waals surface area contributed by atoms with Gasteiger partial charge in [0.15, 0.2) is 6.61 Å². The molecule has 41 heavy (non-hydrogen) atoms. The zero-order valence-corrected chi connectivity index (χ0v) is 23.8. The lowest BCUT2D eigenvalue weighted by atomic mass is 9.98. The Balaban J connectivity index is 1.37. The van der Waals surface area contributed by atoms with Crippen molar-refractivity contribution in [3.8, 4) is 22.6 Å². The van der Waals surface area contributed by atoms with Crippen LogP contribution in [-0.4, -0.2) is 51.4 Å². The predicted molar refractivity (Wildman–Crippen MR) is 154 cm³/mol. The van der Waals surface area contributed by atoms with E-state index >= 15 is 0 Å². The molecule has 9 heteroatoms. The molecule has 0 heterocycles. The van der Waals surface area contributed by atoms with Gasteiger partial charge in [0.05, 0.1) is 7.11 Å². The molecule has 1 aliphatic rings. The van der Waals surface area contributed by atoms with Crippen LogP contribution in [0.5, 0.6) is 11.5 Å². The Hall–Kier alpha value is -4.53. The van der Waals surface area contributed by atoms with Crippen LogP contribution in [0.25, 0.3) is 11.1 Å². The Kier molecular flexibility index (Phi) is 9.84. The minimum atomic E-state index is -0.892. The largest absolute Gasteiger partial charge is 0.496 e. The van der Waals surface area contributed by atoms with Crippen LogP contribution in [0.4, 0.5) is 4.79 Å². The van der Waals surface area contributed by atoms with E-state index in [1.165, 1.54) is 14.2 Å². The van der Waals surface area contributed by atoms with Crippen LogP contribution in [-0.2, 0) is 25.7 Å². The van der Waals surface area contributed by atoms with Crippen LogP contribution in [0.3, 0.4) is 0 Å². The summed E-state index contributed by atoms with van der Waals surface area (Å²) >= 11 is 0. The zero-order valence-electron chi connectivity index (χ0n) is 23.8. The van der Waals surface area contributed by atoms with E-state index < -0.39 is 18.1 Å². The highest BCUT2D eigenvalue weighted by Gasteiger charge is 2.31. The number of ether oxygens (including phenoxy) is 4. The molecule has 0 fully saturated rings. The Morgan fingerprint density at radius 2 is 1.59 bits per heavy atom. The molecule has 2 N–H and O–H groups in total. The van der Waals surface area contributed by atoms with Crippen molar-refractivity contribution in [2.45, 2.75) is 38.8 Å². The van der Waals surface area contributed by atoms with Crippen molar-refractivity contribution in [3.63, 3.8) is 0 Å². The number of hydrogen-bond acceptors (Lipinski definition) is 7. The molecule has 3 aromatic carbocycles. The molecule has 3 aromatic rings. The maximum Gasteiger partial charge on any atom is 0.407 e. The van der Waals surface area contributed by atoms with Gasteiger partial charge in [-0.2, -0.15) is 0 Å². The first-order valence-electron chi connectivity index (χ1n) is 13.6. The first kappa shape index (κ1) is 29.5. The van der Waals surface area contributed by atoms with Crippen molar-refractivity contribution >= 4 is 18.0 Å². The molecular formula is C32H36N2O7. The van der Waals surface area contributed by atoms with Gasteiger partial charge in [-0.25, -0.2) is 9.59 Å². The highest BCUT2D eigenvalue weighted by molar-refractivity contribution is 5.82. The molecule has 0 saturated heterocycles. The molecule has 9 nitrogen and oxygen atoms in total. The second-order valence-corrected chi connectivity index (χ2v) is 9.88. The standard InChI is InChI=1S/C32H36N2O7/c1-5-20(2)30(31(36)40-17-21-14-15-22(16-28(21)38-4)39-19-29(35)33-3)34-32(37)41-18-27-25-12-8-6-10-23(25)24-11-7-9-13-26(24)27/h6-16,20,27,30H,5,17-19H2,1-4H3,(H,33,35)(H,34,37)/t20-,30+/m0/s1. The number of benzene rings is 3. The summed E-state index contributed by atoms with van der Waals surface area (Å²) in [5, 5.41) is 5.21. The summed E-state index contributed by atoms with van der Waals surface area (Å²) in [5.41, 5.74) is 5.10. The second-order valence-electron chi connectivity index (χ2n) is 9.88. The van der Waals surface area contributed by atoms with Crippen LogP contribution < -0.4 is 20.1 Å². The normalized spacial score (nSPS) is 13.3. The number of alkyl carbamates (subject to hydrolysis) is 1. The predicted octanol–water partition coefficient (Wildman–Crippen LogP) is 4.82. The molecule has 0 spiro atoms. The Morgan fingerprint density at radius 1 is 0.927 bits per heavy atom. The van der Waals surface area contributed by atoms with Gasteiger partial charge in [0.25, 0.3) is 5.91 Å². The fourth-order valence-corrected chi connectivity index (χ4v) is 4.83. The number of carbonyl (C=O) groups is 3. The van der Waals surface area contributed by atoms with Gasteiger partial charge in [-0.1, -0.05) is 68.8 Å². The fourth-order valence-electron chi connectivity index (χ4n) is 4.83. The SMILES string of the molecule is CC[C@H](C)[C@@H](NC(=O)OCC1c2ccccc2-c2ccccc21)C(=O)OCc1ccc(OCC(=O)NC)cc1OC. The van der Waals surface area contributed by atoms with Gasteiger partial charge in [0.2, 0.25) is 0 Å². The van der Waals surface area contributed by atoms with Crippen LogP contribution in [0.1, 0.15) is 42.9 Å². The number of fused-ring (bicyclic) bond motifs is 3. The van der Waals surface area contributed by atoms with Gasteiger partial charge in [0, 0.05) is 24.6 Å². The molecule has 0 saturated carbocycles. The van der Waals surface area contributed by atoms with E-state index in [9.17, 15) is 14.4 Å². The maximum absolute atomic E-state index is 13.1. The van der Waals surface area contributed by atoms with E-state index in [0.29, 0.717) is 23.5 Å². The van der Waals surface area contributed by atoms with Crippen LogP contribution in [0, 0.1) is 5.92 Å². The Labute approximate surface area is 240 Å². The molecule has 4 rings (SSSR count). The first-order chi connectivity index (χ1) is 19.9. The minimum absolute atomic E-state index is 0.0724. The molecular weight excluding hydrogens is 524 g/mol. The summed E-state index contributed by atoms with van der Waals surface area (Å²) < 4.78 is 22.1. The van der Waals surface area contributed by atoms with E-state index in [1.54, 1.807) is 18.2 Å². The van der Waals surface area contributed by atoms with Crippen LogP contribution >= 0.6 is 0 Å². The number of hydrogen-bond donors (Lipinski definition) is 2. The maximum atomic E-state index is 13.1. The summed E-state index contributed by atoms with van der Waals surface area (Å²) in [5.74, 6) is -0.230. The molecule has 2 amide bonds. The molecule has 0 aromatic heterocycles. The first-order valence-corrected chi connectivity index (χ1v) is 13.6. The lowest BCUT2D eigenvalue weighted by molar-refractivity contribution is -0.148. The van der Waals surface area contributed by atoms with Gasteiger partial charge in [-0.05, 0) is 40.3 Å². The highest BCUT2D eigenvalue weighted by Crippen LogP contribution is 2.44. The summed E-state index contributed by atoms with van der Waals surface area (Å²) in [6.07, 6.45) is -0.0336. The zero-order chi connectivity index (χ0) is 29.4. The topological polar surface area (TPSA) is 112 Å². The molecule has 1 aliphatic carbocycles. The number of rotatable bonds is 12. The monoisotopic (exact) mass is 560 g/mol. The van der Waals surface area contributed by atoms with Gasteiger partial charge in [0.1, 0.15) is 30.8 Å². The van der Waals surface area contributed by atoms with E-state index in [0.717, 1.165) is 22.3 Å². The van der Waals surface area contributed by atoms with Gasteiger partial charge in [-0.3, -0.25) is 4.79 Å². The van der Waals surface area contributed by atoms with Crippen molar-refractivity contribution in [1.82, 2.24) is 10.6 Å². The molecule has 0 aliphatic heterocycles. The van der Waals surface area contributed by atoms with Gasteiger partial charge >= 0.3 is 12.1 Å². The van der Waals surface area contributed by atoms with Crippen molar-refractivity contribution in [1.29, 1.82) is 0 Å². The smallest absolute Gasteiger partial charge is 0.407 e. The van der Waals surface area contributed by atoms with Gasteiger partial charge < -0.3 is 29.6 Å². The lowest BCUT2D eigenvalue weighted by Gasteiger charge is -2.23. The summed E-state index contributed by atoms with van der Waals surface area (Å²) in [4.78, 5) is 37.5. The fraction of sp³-hybridized carbons (Fsp3) is 0.344. The molecule has 0 unspecified atom stereocenters. The molecule has 216 valence electrons. The number of methoxy groups -OCH3 is 1. The van der Waals surface area contributed by atoms with Crippen LogP contribution in [0.15, 0.2) is 66.7 Å². The molecule has 0 radical (unpaired) electrons. The lowest BCUT2D eigenvalue weighted by Crippen LogP contribution is -2.46.